The summed E-state index contributed by atoms with van der Waals surface area (Å²) in [5, 5.41) is 2.31. The minimum absolute atomic E-state index is 0. The molecule has 8 nitrogen and oxygen atoms in total. The van der Waals surface area contributed by atoms with Crippen molar-refractivity contribution in [3.05, 3.63) is 169 Å². The van der Waals surface area contributed by atoms with Gasteiger partial charge in [-0.05, 0) is 107 Å². The fourth-order valence-electron chi connectivity index (χ4n) is 8.80. The van der Waals surface area contributed by atoms with Gasteiger partial charge in [0.2, 0.25) is 11.0 Å². The first-order valence-electron chi connectivity index (χ1n) is 20.2. The summed E-state index contributed by atoms with van der Waals surface area (Å²) in [6, 6.07) is 39.3. The molecule has 0 fully saturated rings. The van der Waals surface area contributed by atoms with Gasteiger partial charge in [0.25, 0.3) is 0 Å². The zero-order chi connectivity index (χ0) is 40.5. The van der Waals surface area contributed by atoms with Crippen LogP contribution in [0.2, 0.25) is 0 Å². The van der Waals surface area contributed by atoms with Gasteiger partial charge in [-0.1, -0.05) is 0 Å². The van der Waals surface area contributed by atoms with Crippen LogP contribution in [0.5, 0.6) is 0 Å². The monoisotopic (exact) mass is 813 g/mol. The van der Waals surface area contributed by atoms with Crippen LogP contribution in [-0.4, -0.2) is 19.9 Å². The molecule has 0 atom stereocenters. The third-order valence-corrected chi connectivity index (χ3v) is 11.9. The molecular weight excluding hydrogens is 772 g/mol. The first-order chi connectivity index (χ1) is 29.3. The third kappa shape index (κ3) is 6.58. The normalized spacial score (nSPS) is 12.0. The van der Waals surface area contributed by atoms with Crippen molar-refractivity contribution in [2.24, 2.45) is 28.2 Å². The molecule has 0 saturated carbocycles. The summed E-state index contributed by atoms with van der Waals surface area (Å²) < 4.78 is 8.43. The molecule has 2 aliphatic rings. The number of hydrogen-bond donors (Lipinski definition) is 2. The van der Waals surface area contributed by atoms with Crippen molar-refractivity contribution < 1.29 is 30.7 Å². The molecule has 9 aromatic rings. The second kappa shape index (κ2) is 14.9. The average molecular weight is 814 g/mol. The quantitative estimate of drug-likeness (QED) is 0.217. The average Bonchev–Trinajstić information content (AvgIpc) is 4.11. The molecule has 61 heavy (non-hydrogen) atoms. The van der Waals surface area contributed by atoms with E-state index in [1.165, 1.54) is 0 Å². The van der Waals surface area contributed by atoms with Crippen LogP contribution in [0, 0.1) is 0 Å². The second-order valence-electron chi connectivity index (χ2n) is 15.8. The summed E-state index contributed by atoms with van der Waals surface area (Å²) in [4.78, 5) is 18.8. The largest absolute Gasteiger partial charge is 1.00 e. The van der Waals surface area contributed by atoms with Gasteiger partial charge in [-0.3, -0.25) is 0 Å². The van der Waals surface area contributed by atoms with Gasteiger partial charge in [0.15, 0.2) is 37.2 Å². The molecule has 2 aromatic carbocycles. The topological polar surface area (TPSA) is 72.9 Å². The Morgan fingerprint density at radius 1 is 0.377 bits per heavy atom. The summed E-state index contributed by atoms with van der Waals surface area (Å²) in [6.45, 7) is 0. The van der Waals surface area contributed by atoms with Crippen molar-refractivity contribution in [3.8, 4) is 44.5 Å². The van der Waals surface area contributed by atoms with E-state index in [1.807, 2.05) is 14.1 Å². The van der Waals surface area contributed by atoms with Gasteiger partial charge in [-0.25, -0.2) is 28.2 Å². The van der Waals surface area contributed by atoms with E-state index in [4.69, 9.17) is 9.97 Å². The maximum atomic E-state index is 5.50. The zero-order valence-corrected chi connectivity index (χ0v) is 35.0. The number of aromatic amines is 2. The number of H-pyrrole nitrogens is 2. The Kier molecular flexibility index (Phi) is 9.22. The van der Waals surface area contributed by atoms with Crippen LogP contribution in [0.15, 0.2) is 146 Å². The molecular formula is C52H42ClN8+3. The highest BCUT2D eigenvalue weighted by Crippen LogP contribution is 2.39. The Labute approximate surface area is 359 Å². The van der Waals surface area contributed by atoms with Gasteiger partial charge < -0.3 is 22.4 Å². The molecule has 7 aromatic heterocycles. The molecule has 0 spiro atoms. The summed E-state index contributed by atoms with van der Waals surface area (Å²) in [5.74, 6) is 0. The number of nitrogens with zero attached hydrogens (tertiary/aromatic N) is 6. The number of halogens is 1. The van der Waals surface area contributed by atoms with Crippen LogP contribution in [0.4, 0.5) is 0 Å². The standard InChI is InChI=1S/C52H41N8.ClH/c1-57-27-21-33(22-28-57)49-39-11-15-43(53-39)51(37-9-19-47-35(31-37)7-5-25-59(47)3)45-17-13-41(55-45)50(34-23-29-58(2)30-24-34)42-14-18-46(56-42)52(44-16-12-40(49)54-44)38-10-20-48-36(32-38)8-6-26-60(48)4;/h5-32H,1-4H3,(H,53,54,55,56);1H/q+3;. The molecule has 9 heterocycles. The summed E-state index contributed by atoms with van der Waals surface area (Å²) in [7, 11) is 8.26. The number of aromatic nitrogens is 8. The minimum Gasteiger partial charge on any atom is -1.00 e. The van der Waals surface area contributed by atoms with Gasteiger partial charge in [-0.2, -0.15) is 0 Å². The third-order valence-electron chi connectivity index (χ3n) is 11.9. The van der Waals surface area contributed by atoms with Gasteiger partial charge in [-0.15, -0.1) is 0 Å². The fourth-order valence-corrected chi connectivity index (χ4v) is 8.80. The highest BCUT2D eigenvalue weighted by Gasteiger charge is 2.21. The van der Waals surface area contributed by atoms with Gasteiger partial charge in [0.1, 0.15) is 28.2 Å². The SMILES string of the molecule is C[n+]1ccc(-c2c3nc(c(-c4ccc5c(ccc[n+]5C)c4)c4ccc([nH]4)c(-c4cc[n+](C)cc4)c4nc(c(-c5ccc6c(ccc[n+]6C)c5)c5ccc2[nH]5)C=C4)C=C3)cc1.[Cl-]. The summed E-state index contributed by atoms with van der Waals surface area (Å²) >= 11 is 0. The Bertz CT molecular complexity index is 3240. The first kappa shape index (κ1) is 37.7. The fraction of sp³-hybridized carbons (Fsp3) is 0.0769. The molecule has 294 valence electrons. The maximum absolute atomic E-state index is 5.50. The molecule has 2 aliphatic heterocycles. The number of hydrogen-bond acceptors (Lipinski definition) is 2. The predicted molar refractivity (Wildman–Crippen MR) is 240 cm³/mol. The lowest BCUT2D eigenvalue weighted by Crippen LogP contribution is -3.00. The summed E-state index contributed by atoms with van der Waals surface area (Å²) in [6.07, 6.45) is 21.1. The Morgan fingerprint density at radius 3 is 1.08 bits per heavy atom. The molecule has 9 heteroatoms. The highest BCUT2D eigenvalue weighted by atomic mass is 35.5. The lowest BCUT2D eigenvalue weighted by atomic mass is 10.0. The van der Waals surface area contributed by atoms with E-state index in [-0.39, 0.29) is 12.4 Å². The van der Waals surface area contributed by atoms with Crippen LogP contribution >= 0.6 is 0 Å². The number of benzene rings is 2. The molecule has 0 radical (unpaired) electrons. The highest BCUT2D eigenvalue weighted by molar-refractivity contribution is 6.01. The van der Waals surface area contributed by atoms with Crippen molar-refractivity contribution in [1.29, 1.82) is 0 Å². The number of pyridine rings is 4. The van der Waals surface area contributed by atoms with Crippen molar-refractivity contribution >= 4 is 68.2 Å². The summed E-state index contributed by atoms with van der Waals surface area (Å²) in [5.41, 5.74) is 18.1. The van der Waals surface area contributed by atoms with Crippen LogP contribution < -0.4 is 30.7 Å². The van der Waals surface area contributed by atoms with Gasteiger partial charge in [0.05, 0.1) is 22.8 Å². The molecule has 0 unspecified atom stereocenters. The number of nitrogens with one attached hydrogen (secondary N) is 2. The lowest BCUT2D eigenvalue weighted by molar-refractivity contribution is -0.671. The zero-order valence-electron chi connectivity index (χ0n) is 34.2. The maximum Gasteiger partial charge on any atom is 0.212 e. The first-order valence-corrected chi connectivity index (χ1v) is 20.2. The van der Waals surface area contributed by atoms with E-state index >= 15 is 0 Å². The van der Waals surface area contributed by atoms with E-state index in [1.54, 1.807) is 0 Å². The van der Waals surface area contributed by atoms with Gasteiger partial charge in [0, 0.05) is 104 Å². The molecule has 0 aliphatic carbocycles. The molecule has 0 saturated heterocycles. The molecule has 0 amide bonds. The van der Waals surface area contributed by atoms with Crippen molar-refractivity contribution in [2.45, 2.75) is 0 Å². The molecule has 8 bridgehead atoms. The van der Waals surface area contributed by atoms with Crippen molar-refractivity contribution in [2.75, 3.05) is 0 Å². The van der Waals surface area contributed by atoms with E-state index in [0.717, 1.165) is 111 Å². The van der Waals surface area contributed by atoms with Crippen LogP contribution in [-0.2, 0) is 28.2 Å². The second-order valence-corrected chi connectivity index (χ2v) is 15.8. The van der Waals surface area contributed by atoms with Crippen molar-refractivity contribution in [3.63, 3.8) is 0 Å². The van der Waals surface area contributed by atoms with Gasteiger partial charge >= 0.3 is 0 Å². The van der Waals surface area contributed by atoms with Crippen LogP contribution in [0.3, 0.4) is 0 Å². The van der Waals surface area contributed by atoms with E-state index in [0.29, 0.717) is 0 Å². The Hall–Kier alpha value is -7.55. The number of aryl methyl sites for hydroxylation is 4. The lowest BCUT2D eigenvalue weighted by Gasteiger charge is -2.07. The van der Waals surface area contributed by atoms with E-state index in [9.17, 15) is 0 Å². The van der Waals surface area contributed by atoms with Crippen molar-refractivity contribution in [1.82, 2.24) is 19.9 Å². The van der Waals surface area contributed by atoms with E-state index < -0.39 is 0 Å². The number of rotatable bonds is 4. The smallest absolute Gasteiger partial charge is 0.212 e. The Balaban J connectivity index is 0.00000445. The Morgan fingerprint density at radius 2 is 0.721 bits per heavy atom. The molecule has 2 N–H and O–H groups in total. The van der Waals surface area contributed by atoms with E-state index in [2.05, 4.69) is 213 Å². The minimum atomic E-state index is 0. The number of fused-ring (bicyclic) bond motifs is 10. The predicted octanol–water partition coefficient (Wildman–Crippen LogP) is 5.93. The van der Waals surface area contributed by atoms with Crippen LogP contribution in [0.1, 0.15) is 22.8 Å². The van der Waals surface area contributed by atoms with Crippen LogP contribution in [0.25, 0.3) is 113 Å². The molecule has 11 rings (SSSR count).